The highest BCUT2D eigenvalue weighted by molar-refractivity contribution is 5.93. The Morgan fingerprint density at radius 1 is 1.26 bits per heavy atom. The second-order valence-corrected chi connectivity index (χ2v) is 11.6. The molecule has 2 aromatic heterocycles. The molecule has 2 N–H and O–H groups in total. The van der Waals surface area contributed by atoms with Crippen molar-refractivity contribution in [3.8, 4) is 0 Å². The molecule has 2 aliphatic rings. The minimum Gasteiger partial charge on any atom is -0.350 e. The van der Waals surface area contributed by atoms with Crippen LogP contribution in [0.2, 0.25) is 0 Å². The maximum Gasteiger partial charge on any atom is 0.268 e. The van der Waals surface area contributed by atoms with Crippen LogP contribution in [0.25, 0.3) is 5.65 Å². The molecule has 35 heavy (non-hydrogen) atoms. The van der Waals surface area contributed by atoms with Gasteiger partial charge in [-0.3, -0.25) is 14.0 Å². The lowest BCUT2D eigenvalue weighted by molar-refractivity contribution is -0.134. The molecule has 0 aromatic carbocycles. The van der Waals surface area contributed by atoms with Crippen LogP contribution >= 0.6 is 0 Å². The third-order valence-electron chi connectivity index (χ3n) is 8.79. The summed E-state index contributed by atoms with van der Waals surface area (Å²) in [4.78, 5) is 32.9. The highest BCUT2D eigenvalue weighted by Crippen LogP contribution is 2.55. The standard InChI is InChI=1S/C28H43N5O2/c1-7-20-13-22(28(20,5)6)19(4)15-30-27(35)23-9-8-10-25-31-21(17-33(23)25)14-26(34)32-12-11-29-16-24(32)18(2)3/h8-10,17-20,22,24,29H,7,11-16H2,1-6H3,(H,30,35)/t19-,20+,22+,24+/m0/s1. The first-order valence-electron chi connectivity index (χ1n) is 13.4. The quantitative estimate of drug-likeness (QED) is 0.602. The number of nitrogens with one attached hydrogen (secondary N) is 2. The first-order valence-corrected chi connectivity index (χ1v) is 13.4. The summed E-state index contributed by atoms with van der Waals surface area (Å²) < 4.78 is 1.82. The van der Waals surface area contributed by atoms with Crippen LogP contribution in [-0.4, -0.2) is 58.3 Å². The van der Waals surface area contributed by atoms with E-state index in [4.69, 9.17) is 0 Å². The third kappa shape index (κ3) is 5.11. The normalized spacial score (nSPS) is 24.9. The number of fused-ring (bicyclic) bond motifs is 1. The summed E-state index contributed by atoms with van der Waals surface area (Å²) in [6.07, 6.45) is 4.57. The molecular formula is C28H43N5O2. The zero-order chi connectivity index (χ0) is 25.3. The first-order chi connectivity index (χ1) is 16.6. The molecule has 1 aliphatic carbocycles. The molecule has 4 rings (SSSR count). The number of hydrogen-bond donors (Lipinski definition) is 2. The highest BCUT2D eigenvalue weighted by atomic mass is 16.2. The van der Waals surface area contributed by atoms with E-state index in [1.54, 1.807) is 0 Å². The van der Waals surface area contributed by atoms with Gasteiger partial charge in [0, 0.05) is 38.4 Å². The Labute approximate surface area is 210 Å². The van der Waals surface area contributed by atoms with Gasteiger partial charge in [-0.1, -0.05) is 54.0 Å². The summed E-state index contributed by atoms with van der Waals surface area (Å²) in [6.45, 7) is 16.6. The van der Waals surface area contributed by atoms with Crippen LogP contribution in [0.3, 0.4) is 0 Å². The van der Waals surface area contributed by atoms with Crippen LogP contribution in [0.5, 0.6) is 0 Å². The molecule has 1 aliphatic heterocycles. The molecule has 7 heteroatoms. The van der Waals surface area contributed by atoms with Gasteiger partial charge in [0.25, 0.3) is 5.91 Å². The molecular weight excluding hydrogens is 438 g/mol. The number of rotatable bonds is 8. The zero-order valence-corrected chi connectivity index (χ0v) is 22.3. The van der Waals surface area contributed by atoms with Crippen molar-refractivity contribution in [2.45, 2.75) is 66.8 Å². The molecule has 2 aromatic rings. The first kappa shape index (κ1) is 25.7. The monoisotopic (exact) mass is 481 g/mol. The maximum atomic E-state index is 13.1. The average Bonchev–Trinajstić information content (AvgIpc) is 3.24. The SMILES string of the molecule is CC[C@@H]1C[C@H]([C@@H](C)CNC(=O)c2cccc3nc(CC(=O)N4CCNC[C@@H]4C(C)C)cn23)C1(C)C. The molecule has 4 atom stereocenters. The van der Waals surface area contributed by atoms with Crippen LogP contribution in [-0.2, 0) is 11.2 Å². The molecule has 0 radical (unpaired) electrons. The molecule has 1 saturated carbocycles. The largest absolute Gasteiger partial charge is 0.350 e. The second kappa shape index (κ2) is 10.3. The van der Waals surface area contributed by atoms with Crippen LogP contribution in [0.15, 0.2) is 24.4 Å². The van der Waals surface area contributed by atoms with E-state index in [-0.39, 0.29) is 24.3 Å². The van der Waals surface area contributed by atoms with Gasteiger partial charge in [-0.05, 0) is 47.6 Å². The summed E-state index contributed by atoms with van der Waals surface area (Å²) in [5, 5.41) is 6.55. The van der Waals surface area contributed by atoms with Gasteiger partial charge >= 0.3 is 0 Å². The van der Waals surface area contributed by atoms with Crippen LogP contribution in [0.4, 0.5) is 0 Å². The Kier molecular flexibility index (Phi) is 7.55. The maximum absolute atomic E-state index is 13.1. The molecule has 7 nitrogen and oxygen atoms in total. The van der Waals surface area contributed by atoms with Crippen LogP contribution in [0, 0.1) is 29.1 Å². The number of pyridine rings is 1. The summed E-state index contributed by atoms with van der Waals surface area (Å²) in [7, 11) is 0. The summed E-state index contributed by atoms with van der Waals surface area (Å²) in [5.41, 5.74) is 2.29. The topological polar surface area (TPSA) is 78.7 Å². The number of hydrogen-bond acceptors (Lipinski definition) is 4. The van der Waals surface area contributed by atoms with E-state index in [1.807, 2.05) is 33.7 Å². The fourth-order valence-electron chi connectivity index (χ4n) is 6.42. The van der Waals surface area contributed by atoms with Gasteiger partial charge in [-0.25, -0.2) is 4.98 Å². The molecule has 0 bridgehead atoms. The lowest BCUT2D eigenvalue weighted by atomic mass is 9.51. The summed E-state index contributed by atoms with van der Waals surface area (Å²) >= 11 is 0. The van der Waals surface area contributed by atoms with Crippen molar-refractivity contribution >= 4 is 17.5 Å². The third-order valence-corrected chi connectivity index (χ3v) is 8.79. The van der Waals surface area contributed by atoms with Gasteiger partial charge in [0.2, 0.25) is 5.91 Å². The van der Waals surface area contributed by atoms with Crippen molar-refractivity contribution < 1.29 is 9.59 Å². The van der Waals surface area contributed by atoms with Crippen molar-refractivity contribution in [3.05, 3.63) is 35.8 Å². The van der Waals surface area contributed by atoms with Gasteiger partial charge in [0.05, 0.1) is 12.1 Å². The Bertz CT molecular complexity index is 1060. The molecule has 0 spiro atoms. The zero-order valence-electron chi connectivity index (χ0n) is 22.3. The predicted molar refractivity (Wildman–Crippen MR) is 139 cm³/mol. The molecule has 3 heterocycles. The minimum atomic E-state index is -0.0936. The van der Waals surface area contributed by atoms with Crippen molar-refractivity contribution in [2.24, 2.45) is 29.1 Å². The van der Waals surface area contributed by atoms with Crippen molar-refractivity contribution in [1.82, 2.24) is 24.9 Å². The van der Waals surface area contributed by atoms with E-state index >= 15 is 0 Å². The smallest absolute Gasteiger partial charge is 0.268 e. The number of imidazole rings is 1. The fraction of sp³-hybridized carbons (Fsp3) is 0.679. The van der Waals surface area contributed by atoms with Crippen molar-refractivity contribution in [1.29, 1.82) is 0 Å². The fourth-order valence-corrected chi connectivity index (χ4v) is 6.42. The number of nitrogens with zero attached hydrogens (tertiary/aromatic N) is 3. The van der Waals surface area contributed by atoms with Gasteiger partial charge in [0.15, 0.2) is 0 Å². The number of amides is 2. The van der Waals surface area contributed by atoms with E-state index in [1.165, 1.54) is 12.8 Å². The van der Waals surface area contributed by atoms with Gasteiger partial charge in [-0.15, -0.1) is 0 Å². The van der Waals surface area contributed by atoms with E-state index in [0.29, 0.717) is 46.7 Å². The van der Waals surface area contributed by atoms with Crippen molar-refractivity contribution in [2.75, 3.05) is 26.2 Å². The summed E-state index contributed by atoms with van der Waals surface area (Å²) in [6, 6.07) is 5.77. The molecule has 1 saturated heterocycles. The number of carbonyl (C=O) groups is 2. The number of piperazine rings is 1. The second-order valence-electron chi connectivity index (χ2n) is 11.6. The van der Waals surface area contributed by atoms with Gasteiger partial charge in [0.1, 0.15) is 11.3 Å². The number of carbonyl (C=O) groups excluding carboxylic acids is 2. The minimum absolute atomic E-state index is 0.0936. The lowest BCUT2D eigenvalue weighted by Gasteiger charge is -2.55. The van der Waals surface area contributed by atoms with Crippen LogP contribution in [0.1, 0.15) is 70.6 Å². The molecule has 2 amide bonds. The Morgan fingerprint density at radius 2 is 2.03 bits per heavy atom. The van der Waals surface area contributed by atoms with Gasteiger partial charge in [-0.2, -0.15) is 0 Å². The van der Waals surface area contributed by atoms with E-state index in [2.05, 4.69) is 57.2 Å². The predicted octanol–water partition coefficient (Wildman–Crippen LogP) is 3.77. The van der Waals surface area contributed by atoms with E-state index < -0.39 is 0 Å². The Hall–Kier alpha value is -2.41. The lowest BCUT2D eigenvalue weighted by Crippen LogP contribution is -2.56. The summed E-state index contributed by atoms with van der Waals surface area (Å²) in [5.74, 6) is 2.24. The molecule has 0 unspecified atom stereocenters. The van der Waals surface area contributed by atoms with Crippen LogP contribution < -0.4 is 10.6 Å². The average molecular weight is 482 g/mol. The van der Waals surface area contributed by atoms with Crippen molar-refractivity contribution in [3.63, 3.8) is 0 Å². The Balaban J connectivity index is 1.42. The van der Waals surface area contributed by atoms with E-state index in [0.717, 1.165) is 25.6 Å². The molecule has 2 fully saturated rings. The molecule has 192 valence electrons. The highest BCUT2D eigenvalue weighted by Gasteiger charge is 2.48. The number of aromatic nitrogens is 2. The van der Waals surface area contributed by atoms with E-state index in [9.17, 15) is 9.59 Å². The van der Waals surface area contributed by atoms with Gasteiger partial charge < -0.3 is 15.5 Å². The Morgan fingerprint density at radius 3 is 2.71 bits per heavy atom.